The Hall–Kier alpha value is -2.91. The summed E-state index contributed by atoms with van der Waals surface area (Å²) in [5, 5.41) is 7.48. The highest BCUT2D eigenvalue weighted by Crippen LogP contribution is 2.42. The summed E-state index contributed by atoms with van der Waals surface area (Å²) in [6.07, 6.45) is 2.65. The molecule has 1 fully saturated rings. The van der Waals surface area contributed by atoms with Crippen LogP contribution in [0.25, 0.3) is 0 Å². The van der Waals surface area contributed by atoms with E-state index in [1.165, 1.54) is 6.07 Å². The molecule has 2 atom stereocenters. The molecule has 3 heterocycles. The van der Waals surface area contributed by atoms with E-state index in [1.54, 1.807) is 48.4 Å². The Balaban J connectivity index is 1.39. The molecule has 156 valence electrons. The van der Waals surface area contributed by atoms with E-state index < -0.39 is 9.84 Å². The normalized spacial score (nSPS) is 20.3. The number of aryl methyl sites for hydroxylation is 1. The number of nitrogens with zero attached hydrogens (tertiary/aromatic N) is 3. The quantitative estimate of drug-likeness (QED) is 0.667. The molecule has 0 aliphatic carbocycles. The topological polar surface area (TPSA) is 95.3 Å². The number of benzene rings is 2. The van der Waals surface area contributed by atoms with Gasteiger partial charge in [0, 0.05) is 25.1 Å². The average Bonchev–Trinajstić information content (AvgIpc) is 3.35. The molecule has 2 aliphatic heterocycles. The summed E-state index contributed by atoms with van der Waals surface area (Å²) in [6.45, 7) is 1.89. The van der Waals surface area contributed by atoms with Crippen molar-refractivity contribution < 1.29 is 17.9 Å². The lowest BCUT2D eigenvalue weighted by Crippen LogP contribution is -2.39. The van der Waals surface area contributed by atoms with Gasteiger partial charge in [-0.15, -0.1) is 0 Å². The van der Waals surface area contributed by atoms with Gasteiger partial charge in [0.15, 0.2) is 5.82 Å². The zero-order valence-corrected chi connectivity index (χ0v) is 17.3. The van der Waals surface area contributed by atoms with E-state index in [0.29, 0.717) is 23.2 Å². The zero-order chi connectivity index (χ0) is 20.7. The molecule has 30 heavy (non-hydrogen) atoms. The molecule has 0 saturated carbocycles. The van der Waals surface area contributed by atoms with E-state index in [2.05, 4.69) is 15.4 Å². The fraction of sp³-hybridized carbons (Fsp3) is 0.333. The molecule has 1 aromatic heterocycles. The summed E-state index contributed by atoms with van der Waals surface area (Å²) in [4.78, 5) is 4.49. The Morgan fingerprint density at radius 1 is 1.23 bits per heavy atom. The molecule has 0 spiro atoms. The first-order chi connectivity index (χ1) is 14.5. The number of aromatic nitrogens is 3. The van der Waals surface area contributed by atoms with Crippen LogP contribution >= 0.6 is 0 Å². The van der Waals surface area contributed by atoms with Crippen molar-refractivity contribution >= 4 is 9.84 Å². The second-order valence-corrected chi connectivity index (χ2v) is 9.51. The summed E-state index contributed by atoms with van der Waals surface area (Å²) >= 11 is 0. The minimum Gasteiger partial charge on any atom is -0.488 e. The van der Waals surface area contributed by atoms with Crippen molar-refractivity contribution in [3.63, 3.8) is 0 Å². The first-order valence-corrected chi connectivity index (χ1v) is 11.3. The van der Waals surface area contributed by atoms with Gasteiger partial charge < -0.3 is 14.8 Å². The number of piperidine rings is 1. The third-order valence-corrected chi connectivity index (χ3v) is 7.28. The van der Waals surface area contributed by atoms with Gasteiger partial charge in [0.1, 0.15) is 30.5 Å². The number of rotatable bonds is 5. The smallest absolute Gasteiger partial charge is 0.206 e. The fourth-order valence-corrected chi connectivity index (χ4v) is 5.34. The summed E-state index contributed by atoms with van der Waals surface area (Å²) < 4.78 is 39.7. The van der Waals surface area contributed by atoms with Gasteiger partial charge in [-0.25, -0.2) is 13.4 Å². The van der Waals surface area contributed by atoms with Gasteiger partial charge >= 0.3 is 0 Å². The molecule has 2 unspecified atom stereocenters. The van der Waals surface area contributed by atoms with E-state index in [-0.39, 0.29) is 22.5 Å². The van der Waals surface area contributed by atoms with Crippen molar-refractivity contribution in [1.82, 2.24) is 20.1 Å². The van der Waals surface area contributed by atoms with E-state index in [1.807, 2.05) is 6.07 Å². The molecule has 1 saturated heterocycles. The highest BCUT2D eigenvalue weighted by atomic mass is 32.2. The Labute approximate surface area is 174 Å². The Morgan fingerprint density at radius 3 is 2.93 bits per heavy atom. The molecular weight excluding hydrogens is 404 g/mol. The maximum absolute atomic E-state index is 13.2. The van der Waals surface area contributed by atoms with Crippen molar-refractivity contribution in [2.75, 3.05) is 13.1 Å². The summed E-state index contributed by atoms with van der Waals surface area (Å²) in [7, 11) is -1.93. The van der Waals surface area contributed by atoms with Crippen LogP contribution < -0.4 is 14.8 Å². The lowest BCUT2D eigenvalue weighted by molar-refractivity contribution is 0.176. The molecule has 3 aromatic rings. The van der Waals surface area contributed by atoms with Crippen molar-refractivity contribution in [1.29, 1.82) is 0 Å². The van der Waals surface area contributed by atoms with E-state index in [4.69, 9.17) is 9.47 Å². The molecular formula is C21H22N4O4S. The van der Waals surface area contributed by atoms with E-state index >= 15 is 0 Å². The minimum absolute atomic E-state index is 0.0728. The van der Waals surface area contributed by atoms with Gasteiger partial charge in [-0.05, 0) is 43.3 Å². The predicted octanol–water partition coefficient (Wildman–Crippen LogP) is 2.06. The zero-order valence-electron chi connectivity index (χ0n) is 16.5. The Kier molecular flexibility index (Phi) is 4.71. The second kappa shape index (κ2) is 7.41. The molecule has 9 heteroatoms. The molecule has 0 bridgehead atoms. The lowest BCUT2D eigenvalue weighted by atomic mass is 9.90. The van der Waals surface area contributed by atoms with Crippen molar-refractivity contribution in [2.24, 2.45) is 7.05 Å². The average molecular weight is 426 g/mol. The number of hydrogen-bond donors (Lipinski definition) is 1. The number of hydrogen-bond acceptors (Lipinski definition) is 7. The van der Waals surface area contributed by atoms with Crippen LogP contribution in [0, 0.1) is 0 Å². The highest BCUT2D eigenvalue weighted by Gasteiger charge is 2.36. The maximum Gasteiger partial charge on any atom is 0.206 e. The molecule has 2 aromatic carbocycles. The Bertz CT molecular complexity index is 1190. The van der Waals surface area contributed by atoms with Gasteiger partial charge in [0.25, 0.3) is 0 Å². The van der Waals surface area contributed by atoms with Crippen molar-refractivity contribution in [2.45, 2.75) is 34.8 Å². The van der Waals surface area contributed by atoms with Crippen LogP contribution in [0.4, 0.5) is 0 Å². The van der Waals surface area contributed by atoms with Gasteiger partial charge in [-0.3, -0.25) is 4.68 Å². The molecule has 5 rings (SSSR count). The summed E-state index contributed by atoms with van der Waals surface area (Å²) in [5.74, 6) is 1.97. The van der Waals surface area contributed by atoms with Crippen molar-refractivity contribution in [3.8, 4) is 11.5 Å². The monoisotopic (exact) mass is 426 g/mol. The number of ether oxygens (including phenoxy) is 2. The molecule has 0 amide bonds. The van der Waals surface area contributed by atoms with Gasteiger partial charge in [0.05, 0.1) is 9.79 Å². The van der Waals surface area contributed by atoms with E-state index in [9.17, 15) is 8.42 Å². The number of sulfone groups is 1. The Morgan fingerprint density at radius 2 is 2.10 bits per heavy atom. The van der Waals surface area contributed by atoms with Crippen LogP contribution in [0.1, 0.15) is 23.7 Å². The maximum atomic E-state index is 13.2. The molecule has 1 N–H and O–H groups in total. The molecule has 2 aliphatic rings. The van der Waals surface area contributed by atoms with Crippen LogP contribution in [0.2, 0.25) is 0 Å². The van der Waals surface area contributed by atoms with Gasteiger partial charge in [-0.2, -0.15) is 5.10 Å². The van der Waals surface area contributed by atoms with Crippen LogP contribution in [-0.2, 0) is 23.5 Å². The fourth-order valence-electron chi connectivity index (χ4n) is 4.03. The minimum atomic E-state index is -3.71. The third-order valence-electron chi connectivity index (χ3n) is 5.53. The first kappa shape index (κ1) is 19.1. The standard InChI is InChI=1S/C21H22N4O4S/c1-25-13-23-21(24-25)12-28-14-3-2-4-15(9-14)30(26,27)16-5-6-17-18-7-8-22-11-20(18)29-19(17)10-16/h2-6,9-10,13,18,20,22H,7-8,11-12H2,1H3. The third kappa shape index (κ3) is 3.44. The van der Waals surface area contributed by atoms with E-state index in [0.717, 1.165) is 25.1 Å². The molecule has 8 nitrogen and oxygen atoms in total. The highest BCUT2D eigenvalue weighted by molar-refractivity contribution is 7.91. The number of fused-ring (bicyclic) bond motifs is 3. The summed E-state index contributed by atoms with van der Waals surface area (Å²) in [6, 6.07) is 11.7. The van der Waals surface area contributed by atoms with Crippen molar-refractivity contribution in [3.05, 3.63) is 60.2 Å². The lowest BCUT2D eigenvalue weighted by Gasteiger charge is -2.24. The van der Waals surface area contributed by atoms with Crippen LogP contribution in [0.3, 0.4) is 0 Å². The largest absolute Gasteiger partial charge is 0.488 e. The van der Waals surface area contributed by atoms with Gasteiger partial charge in [0.2, 0.25) is 9.84 Å². The SMILES string of the molecule is Cn1cnc(COc2cccc(S(=O)(=O)c3ccc4c(c3)OC3CNCCC43)c2)n1. The van der Waals surface area contributed by atoms with Crippen LogP contribution in [0.15, 0.2) is 58.6 Å². The first-order valence-electron chi connectivity index (χ1n) is 9.84. The van der Waals surface area contributed by atoms with Crippen LogP contribution in [0.5, 0.6) is 11.5 Å². The second-order valence-electron chi connectivity index (χ2n) is 7.56. The van der Waals surface area contributed by atoms with Crippen LogP contribution in [-0.4, -0.2) is 42.4 Å². The molecule has 0 radical (unpaired) electrons. The number of nitrogens with one attached hydrogen (secondary N) is 1. The summed E-state index contributed by atoms with van der Waals surface area (Å²) in [5.41, 5.74) is 1.10. The predicted molar refractivity (Wildman–Crippen MR) is 108 cm³/mol. The van der Waals surface area contributed by atoms with Gasteiger partial charge in [-0.1, -0.05) is 12.1 Å².